The molecule has 0 aliphatic heterocycles. The number of anilines is 1. The van der Waals surface area contributed by atoms with Crippen molar-refractivity contribution in [2.45, 2.75) is 33.1 Å². The fourth-order valence-corrected chi connectivity index (χ4v) is 3.07. The standard InChI is InChI=1S/C22H23NO/c1-16-11-12-21(17(2)13-16)23-15-20-10-6-9-19(22(20)24)14-18-7-4-3-5-8-18/h3-5,7-8,11-15,23H,6,9-10H2,1-2H3/b19-14-,20-15+. The lowest BCUT2D eigenvalue weighted by atomic mass is 9.88. The molecule has 0 amide bonds. The van der Waals surface area contributed by atoms with Crippen LogP contribution in [0.4, 0.5) is 5.69 Å². The zero-order valence-electron chi connectivity index (χ0n) is 14.3. The van der Waals surface area contributed by atoms with E-state index in [0.29, 0.717) is 0 Å². The summed E-state index contributed by atoms with van der Waals surface area (Å²) in [5, 5.41) is 3.31. The van der Waals surface area contributed by atoms with E-state index in [1.165, 1.54) is 11.1 Å². The molecule has 0 radical (unpaired) electrons. The molecule has 3 rings (SSSR count). The van der Waals surface area contributed by atoms with Crippen LogP contribution in [-0.2, 0) is 4.79 Å². The first-order valence-electron chi connectivity index (χ1n) is 8.46. The highest BCUT2D eigenvalue weighted by atomic mass is 16.1. The van der Waals surface area contributed by atoms with Gasteiger partial charge in [0.15, 0.2) is 5.78 Å². The first-order valence-corrected chi connectivity index (χ1v) is 8.46. The van der Waals surface area contributed by atoms with E-state index < -0.39 is 0 Å². The Balaban J connectivity index is 1.78. The van der Waals surface area contributed by atoms with Gasteiger partial charge in [-0.3, -0.25) is 4.79 Å². The fourth-order valence-electron chi connectivity index (χ4n) is 3.07. The lowest BCUT2D eigenvalue weighted by molar-refractivity contribution is -0.112. The van der Waals surface area contributed by atoms with Crippen molar-refractivity contribution in [3.8, 4) is 0 Å². The van der Waals surface area contributed by atoms with E-state index in [1.54, 1.807) is 0 Å². The molecule has 0 unspecified atom stereocenters. The van der Waals surface area contributed by atoms with E-state index in [0.717, 1.165) is 41.7 Å². The Labute approximate surface area is 143 Å². The van der Waals surface area contributed by atoms with Gasteiger partial charge >= 0.3 is 0 Å². The minimum atomic E-state index is 0.169. The summed E-state index contributed by atoms with van der Waals surface area (Å²) in [6, 6.07) is 16.3. The maximum Gasteiger partial charge on any atom is 0.186 e. The van der Waals surface area contributed by atoms with Gasteiger partial charge < -0.3 is 5.32 Å². The smallest absolute Gasteiger partial charge is 0.186 e. The molecule has 1 fully saturated rings. The first-order chi connectivity index (χ1) is 11.6. The zero-order valence-corrected chi connectivity index (χ0v) is 14.3. The summed E-state index contributed by atoms with van der Waals surface area (Å²) in [5.41, 5.74) is 6.34. The molecule has 2 heteroatoms. The maximum atomic E-state index is 12.7. The van der Waals surface area contributed by atoms with Gasteiger partial charge in [-0.15, -0.1) is 0 Å². The molecule has 0 saturated heterocycles. The van der Waals surface area contributed by atoms with Crippen LogP contribution < -0.4 is 5.32 Å². The normalized spacial score (nSPS) is 18.2. The molecule has 1 saturated carbocycles. The van der Waals surface area contributed by atoms with Crippen molar-refractivity contribution >= 4 is 17.5 Å². The van der Waals surface area contributed by atoms with E-state index in [-0.39, 0.29) is 5.78 Å². The monoisotopic (exact) mass is 317 g/mol. The Morgan fingerprint density at radius 3 is 2.46 bits per heavy atom. The second kappa shape index (κ2) is 7.31. The number of rotatable bonds is 3. The first kappa shape index (κ1) is 16.3. The van der Waals surface area contributed by atoms with Crippen molar-refractivity contribution in [3.05, 3.63) is 82.6 Å². The van der Waals surface area contributed by atoms with E-state index in [4.69, 9.17) is 0 Å². The topological polar surface area (TPSA) is 29.1 Å². The summed E-state index contributed by atoms with van der Waals surface area (Å²) in [6.07, 6.45) is 6.62. The van der Waals surface area contributed by atoms with E-state index in [9.17, 15) is 4.79 Å². The van der Waals surface area contributed by atoms with Crippen LogP contribution in [0, 0.1) is 13.8 Å². The highest BCUT2D eigenvalue weighted by molar-refractivity contribution is 6.11. The summed E-state index contributed by atoms with van der Waals surface area (Å²) in [4.78, 5) is 12.7. The Morgan fingerprint density at radius 1 is 0.958 bits per heavy atom. The van der Waals surface area contributed by atoms with Gasteiger partial charge in [0.25, 0.3) is 0 Å². The van der Waals surface area contributed by atoms with Crippen molar-refractivity contribution in [1.29, 1.82) is 0 Å². The van der Waals surface area contributed by atoms with Crippen LogP contribution >= 0.6 is 0 Å². The summed E-state index contributed by atoms with van der Waals surface area (Å²) in [6.45, 7) is 4.16. The molecule has 1 aliphatic rings. The maximum absolute atomic E-state index is 12.7. The molecule has 0 atom stereocenters. The lowest BCUT2D eigenvalue weighted by Gasteiger charge is -2.17. The van der Waals surface area contributed by atoms with Crippen LogP contribution in [0.15, 0.2) is 65.9 Å². The molecule has 24 heavy (non-hydrogen) atoms. The second-order valence-electron chi connectivity index (χ2n) is 6.40. The molecule has 122 valence electrons. The summed E-state index contributed by atoms with van der Waals surface area (Å²) in [5.74, 6) is 0.169. The zero-order chi connectivity index (χ0) is 16.9. The average Bonchev–Trinajstić information content (AvgIpc) is 2.58. The number of hydrogen-bond donors (Lipinski definition) is 1. The molecular formula is C22H23NO. The number of carbonyl (C=O) groups is 1. The highest BCUT2D eigenvalue weighted by Crippen LogP contribution is 2.27. The number of aryl methyl sites for hydroxylation is 2. The highest BCUT2D eigenvalue weighted by Gasteiger charge is 2.20. The summed E-state index contributed by atoms with van der Waals surface area (Å²) >= 11 is 0. The largest absolute Gasteiger partial charge is 0.361 e. The number of Topliss-reactive ketones (excluding diaryl/α,β-unsaturated/α-hetero) is 1. The van der Waals surface area contributed by atoms with Gasteiger partial charge in [0, 0.05) is 23.0 Å². The van der Waals surface area contributed by atoms with Crippen molar-refractivity contribution in [2.75, 3.05) is 5.32 Å². The fraction of sp³-hybridized carbons (Fsp3) is 0.227. The van der Waals surface area contributed by atoms with Gasteiger partial charge in [-0.1, -0.05) is 48.0 Å². The third kappa shape index (κ3) is 3.83. The van der Waals surface area contributed by atoms with E-state index in [2.05, 4.69) is 37.4 Å². The van der Waals surface area contributed by atoms with Crippen LogP contribution in [0.1, 0.15) is 36.0 Å². The van der Waals surface area contributed by atoms with Gasteiger partial charge in [0.05, 0.1) is 0 Å². The molecule has 0 heterocycles. The van der Waals surface area contributed by atoms with Crippen LogP contribution in [0.3, 0.4) is 0 Å². The third-order valence-corrected chi connectivity index (χ3v) is 4.40. The SMILES string of the molecule is Cc1ccc(N/C=C2\CCC/C(=C/c3ccccc3)C2=O)c(C)c1. The molecule has 0 aromatic heterocycles. The quantitative estimate of drug-likeness (QED) is 0.764. The van der Waals surface area contributed by atoms with Crippen molar-refractivity contribution in [2.24, 2.45) is 0 Å². The van der Waals surface area contributed by atoms with Crippen LogP contribution in [0.2, 0.25) is 0 Å². The predicted molar refractivity (Wildman–Crippen MR) is 101 cm³/mol. The Kier molecular flexibility index (Phi) is 4.95. The lowest BCUT2D eigenvalue weighted by Crippen LogP contribution is -2.13. The Hall–Kier alpha value is -2.61. The molecule has 0 spiro atoms. The molecule has 2 aromatic rings. The number of ketones is 1. The minimum Gasteiger partial charge on any atom is -0.361 e. The van der Waals surface area contributed by atoms with Crippen molar-refractivity contribution < 1.29 is 4.79 Å². The molecule has 1 N–H and O–H groups in total. The van der Waals surface area contributed by atoms with Gasteiger partial charge in [0.2, 0.25) is 0 Å². The van der Waals surface area contributed by atoms with Gasteiger partial charge in [-0.25, -0.2) is 0 Å². The van der Waals surface area contributed by atoms with E-state index in [1.807, 2.05) is 42.6 Å². The van der Waals surface area contributed by atoms with Crippen LogP contribution in [0.5, 0.6) is 0 Å². The van der Waals surface area contributed by atoms with Gasteiger partial charge in [-0.05, 0) is 56.4 Å². The summed E-state index contributed by atoms with van der Waals surface area (Å²) < 4.78 is 0. The van der Waals surface area contributed by atoms with E-state index >= 15 is 0 Å². The molecule has 1 aliphatic carbocycles. The van der Waals surface area contributed by atoms with Gasteiger partial charge in [0.1, 0.15) is 0 Å². The molecule has 0 bridgehead atoms. The predicted octanol–water partition coefficient (Wildman–Crippen LogP) is 5.44. The molecular weight excluding hydrogens is 294 g/mol. The third-order valence-electron chi connectivity index (χ3n) is 4.40. The van der Waals surface area contributed by atoms with Crippen molar-refractivity contribution in [1.82, 2.24) is 0 Å². The van der Waals surface area contributed by atoms with Crippen LogP contribution in [0.25, 0.3) is 6.08 Å². The second-order valence-corrected chi connectivity index (χ2v) is 6.40. The molecule has 2 nitrogen and oxygen atoms in total. The minimum absolute atomic E-state index is 0.169. The van der Waals surface area contributed by atoms with Gasteiger partial charge in [-0.2, -0.15) is 0 Å². The van der Waals surface area contributed by atoms with Crippen molar-refractivity contribution in [3.63, 3.8) is 0 Å². The number of carbonyl (C=O) groups excluding carboxylic acids is 1. The Morgan fingerprint density at radius 2 is 1.71 bits per heavy atom. The Bertz CT molecular complexity index is 800. The molecule has 2 aromatic carbocycles. The average molecular weight is 317 g/mol. The number of hydrogen-bond acceptors (Lipinski definition) is 2. The summed E-state index contributed by atoms with van der Waals surface area (Å²) in [7, 11) is 0. The van der Waals surface area contributed by atoms with Crippen LogP contribution in [-0.4, -0.2) is 5.78 Å². The number of nitrogens with one attached hydrogen (secondary N) is 1. The number of benzene rings is 2. The number of allylic oxidation sites excluding steroid dienone is 2.